The number of aryl methyl sites for hydroxylation is 2. The number of imidazole rings is 1. The van der Waals surface area contributed by atoms with Gasteiger partial charge in [-0.15, -0.1) is 11.3 Å². The van der Waals surface area contributed by atoms with E-state index in [4.69, 9.17) is 0 Å². The highest BCUT2D eigenvalue weighted by atomic mass is 32.1. The summed E-state index contributed by atoms with van der Waals surface area (Å²) in [5.74, 6) is 0.856. The number of halogens is 1. The summed E-state index contributed by atoms with van der Waals surface area (Å²) >= 11 is 1.48. The van der Waals surface area contributed by atoms with E-state index in [0.717, 1.165) is 54.1 Å². The SMILES string of the molecule is Cc1nc(NC(=O)CN2CCCC(C(=O)N3CCC(c4nc5ccc(F)cc5[nH]4)CC3)C2)sc1C. The normalized spacial score (nSPS) is 19.9. The molecule has 3 aromatic rings. The molecule has 0 saturated carbocycles. The molecule has 0 aliphatic carbocycles. The van der Waals surface area contributed by atoms with E-state index in [-0.39, 0.29) is 36.0 Å². The third-order valence-electron chi connectivity index (χ3n) is 7.15. The number of carbonyl (C=O) groups is 2. The van der Waals surface area contributed by atoms with Crippen LogP contribution in [0.2, 0.25) is 0 Å². The Balaban J connectivity index is 1.12. The van der Waals surface area contributed by atoms with Crippen molar-refractivity contribution < 1.29 is 14.0 Å². The fraction of sp³-hybridized carbons (Fsp3) is 0.520. The van der Waals surface area contributed by atoms with Gasteiger partial charge in [0.25, 0.3) is 0 Å². The van der Waals surface area contributed by atoms with E-state index >= 15 is 0 Å². The Morgan fingerprint density at radius 3 is 2.71 bits per heavy atom. The van der Waals surface area contributed by atoms with E-state index in [2.05, 4.69) is 25.2 Å². The smallest absolute Gasteiger partial charge is 0.240 e. The molecule has 2 amide bonds. The monoisotopic (exact) mass is 498 g/mol. The maximum Gasteiger partial charge on any atom is 0.240 e. The van der Waals surface area contributed by atoms with E-state index in [0.29, 0.717) is 30.3 Å². The number of anilines is 1. The summed E-state index contributed by atoms with van der Waals surface area (Å²) in [6, 6.07) is 4.59. The van der Waals surface area contributed by atoms with Crippen LogP contribution in [0.1, 0.15) is 48.0 Å². The molecule has 4 heterocycles. The number of carbonyl (C=O) groups excluding carboxylic acids is 2. The zero-order valence-electron chi connectivity index (χ0n) is 20.1. The Hall–Kier alpha value is -2.85. The van der Waals surface area contributed by atoms with Gasteiger partial charge in [0, 0.05) is 30.4 Å². The number of piperidine rings is 2. The predicted molar refractivity (Wildman–Crippen MR) is 134 cm³/mol. The number of rotatable bonds is 5. The fourth-order valence-electron chi connectivity index (χ4n) is 5.12. The van der Waals surface area contributed by atoms with Gasteiger partial charge in [-0.1, -0.05) is 0 Å². The molecule has 2 aliphatic heterocycles. The average Bonchev–Trinajstić information content (AvgIpc) is 3.40. The molecule has 2 aromatic heterocycles. The van der Waals surface area contributed by atoms with Crippen LogP contribution < -0.4 is 5.32 Å². The summed E-state index contributed by atoms with van der Waals surface area (Å²) in [6.07, 6.45) is 3.43. The third kappa shape index (κ3) is 5.38. The minimum atomic E-state index is -0.277. The summed E-state index contributed by atoms with van der Waals surface area (Å²) in [7, 11) is 0. The van der Waals surface area contributed by atoms with Gasteiger partial charge in [-0.2, -0.15) is 0 Å². The molecule has 1 aromatic carbocycles. The second kappa shape index (κ2) is 10.0. The first-order chi connectivity index (χ1) is 16.9. The van der Waals surface area contributed by atoms with Gasteiger partial charge in [-0.25, -0.2) is 14.4 Å². The van der Waals surface area contributed by atoms with Crippen molar-refractivity contribution in [1.82, 2.24) is 24.8 Å². The van der Waals surface area contributed by atoms with Crippen LogP contribution in [-0.4, -0.2) is 69.3 Å². The van der Waals surface area contributed by atoms with Crippen LogP contribution in [0.5, 0.6) is 0 Å². The molecule has 10 heteroatoms. The molecule has 35 heavy (non-hydrogen) atoms. The Bertz CT molecular complexity index is 1210. The topological polar surface area (TPSA) is 94.2 Å². The maximum atomic E-state index is 13.5. The minimum Gasteiger partial charge on any atom is -0.342 e. The van der Waals surface area contributed by atoms with Gasteiger partial charge in [-0.05, 0) is 64.3 Å². The first kappa shape index (κ1) is 23.9. The van der Waals surface area contributed by atoms with Crippen molar-refractivity contribution >= 4 is 39.3 Å². The number of aromatic nitrogens is 3. The van der Waals surface area contributed by atoms with E-state index in [1.165, 1.54) is 23.5 Å². The van der Waals surface area contributed by atoms with Crippen molar-refractivity contribution in [3.8, 4) is 0 Å². The van der Waals surface area contributed by atoms with Crippen LogP contribution in [0.4, 0.5) is 9.52 Å². The number of hydrogen-bond donors (Lipinski definition) is 2. The second-order valence-corrected chi connectivity index (χ2v) is 10.9. The second-order valence-electron chi connectivity index (χ2n) is 9.67. The lowest BCUT2D eigenvalue weighted by molar-refractivity contribution is -0.139. The molecule has 186 valence electrons. The number of nitrogens with zero attached hydrogens (tertiary/aromatic N) is 4. The highest BCUT2D eigenvalue weighted by Crippen LogP contribution is 2.30. The number of benzene rings is 1. The molecule has 2 saturated heterocycles. The lowest BCUT2D eigenvalue weighted by atomic mass is 9.92. The Morgan fingerprint density at radius 2 is 1.97 bits per heavy atom. The first-order valence-corrected chi connectivity index (χ1v) is 13.1. The van der Waals surface area contributed by atoms with Crippen LogP contribution >= 0.6 is 11.3 Å². The summed E-state index contributed by atoms with van der Waals surface area (Å²) in [5, 5.41) is 3.52. The Morgan fingerprint density at radius 1 is 1.17 bits per heavy atom. The number of nitrogens with one attached hydrogen (secondary N) is 2. The first-order valence-electron chi connectivity index (χ1n) is 12.3. The van der Waals surface area contributed by atoms with Crippen molar-refractivity contribution in [2.45, 2.75) is 45.4 Å². The van der Waals surface area contributed by atoms with Gasteiger partial charge in [0.15, 0.2) is 5.13 Å². The summed E-state index contributed by atoms with van der Waals surface area (Å²) < 4.78 is 13.5. The van der Waals surface area contributed by atoms with Crippen molar-refractivity contribution in [3.63, 3.8) is 0 Å². The van der Waals surface area contributed by atoms with Crippen LogP contribution in [0.3, 0.4) is 0 Å². The third-order valence-corrected chi connectivity index (χ3v) is 8.14. The van der Waals surface area contributed by atoms with Crippen molar-refractivity contribution in [2.75, 3.05) is 38.0 Å². The standard InChI is InChI=1S/C25H31FN6O2S/c1-15-16(2)35-25(27-15)30-22(33)14-31-9-3-4-18(13-31)24(34)32-10-7-17(8-11-32)23-28-20-6-5-19(26)12-21(20)29-23/h5-6,12,17-18H,3-4,7-11,13-14H2,1-2H3,(H,28,29)(H,27,30,33). The molecule has 0 radical (unpaired) electrons. The van der Waals surface area contributed by atoms with E-state index in [1.807, 2.05) is 18.7 Å². The fourth-order valence-corrected chi connectivity index (χ4v) is 5.95. The molecule has 2 N–H and O–H groups in total. The molecule has 0 spiro atoms. The van der Waals surface area contributed by atoms with Crippen LogP contribution in [-0.2, 0) is 9.59 Å². The van der Waals surface area contributed by atoms with Gasteiger partial charge in [0.05, 0.1) is 29.2 Å². The highest BCUT2D eigenvalue weighted by molar-refractivity contribution is 7.15. The van der Waals surface area contributed by atoms with Gasteiger partial charge >= 0.3 is 0 Å². The maximum absolute atomic E-state index is 13.5. The number of H-pyrrole nitrogens is 1. The van der Waals surface area contributed by atoms with Gasteiger partial charge in [-0.3, -0.25) is 14.5 Å². The average molecular weight is 499 g/mol. The van der Waals surface area contributed by atoms with E-state index < -0.39 is 0 Å². The molecule has 2 fully saturated rings. The zero-order chi connectivity index (χ0) is 24.5. The van der Waals surface area contributed by atoms with E-state index in [1.54, 1.807) is 6.07 Å². The molecule has 1 atom stereocenters. The molecule has 1 unspecified atom stereocenters. The molecule has 5 rings (SSSR count). The van der Waals surface area contributed by atoms with Crippen molar-refractivity contribution in [1.29, 1.82) is 0 Å². The summed E-state index contributed by atoms with van der Waals surface area (Å²) in [4.78, 5) is 43.2. The quantitative estimate of drug-likeness (QED) is 0.558. The van der Waals surface area contributed by atoms with Crippen molar-refractivity contribution in [2.24, 2.45) is 5.92 Å². The Labute approximate surface area is 207 Å². The number of hydrogen-bond acceptors (Lipinski definition) is 6. The van der Waals surface area contributed by atoms with Crippen molar-refractivity contribution in [3.05, 3.63) is 40.4 Å². The highest BCUT2D eigenvalue weighted by Gasteiger charge is 2.33. The van der Waals surface area contributed by atoms with Crippen LogP contribution in [0, 0.1) is 25.6 Å². The minimum absolute atomic E-state index is 0.0772. The van der Waals surface area contributed by atoms with Crippen LogP contribution in [0.15, 0.2) is 18.2 Å². The number of thiazole rings is 1. The number of aromatic amines is 1. The summed E-state index contributed by atoms with van der Waals surface area (Å²) in [6.45, 7) is 7.01. The molecule has 8 nitrogen and oxygen atoms in total. The van der Waals surface area contributed by atoms with Crippen LogP contribution in [0.25, 0.3) is 11.0 Å². The van der Waals surface area contributed by atoms with Gasteiger partial charge in [0.2, 0.25) is 11.8 Å². The lowest BCUT2D eigenvalue weighted by Crippen LogP contribution is -2.48. The molecular formula is C25H31FN6O2S. The summed E-state index contributed by atoms with van der Waals surface area (Å²) in [5.41, 5.74) is 2.42. The number of amides is 2. The molecular weight excluding hydrogens is 467 g/mol. The number of fused-ring (bicyclic) bond motifs is 1. The predicted octanol–water partition coefficient (Wildman–Crippen LogP) is 3.83. The van der Waals surface area contributed by atoms with Gasteiger partial charge < -0.3 is 15.2 Å². The largest absolute Gasteiger partial charge is 0.342 e. The Kier molecular flexibility index (Phi) is 6.84. The number of likely N-dealkylation sites (tertiary alicyclic amines) is 2. The van der Waals surface area contributed by atoms with E-state index in [9.17, 15) is 14.0 Å². The molecule has 0 bridgehead atoms. The molecule has 2 aliphatic rings. The van der Waals surface area contributed by atoms with Gasteiger partial charge in [0.1, 0.15) is 11.6 Å². The zero-order valence-corrected chi connectivity index (χ0v) is 21.0. The lowest BCUT2D eigenvalue weighted by Gasteiger charge is -2.37.